The third kappa shape index (κ3) is 6.38. The van der Waals surface area contributed by atoms with E-state index in [0.29, 0.717) is 48.9 Å². The zero-order valence-electron chi connectivity index (χ0n) is 21.2. The van der Waals surface area contributed by atoms with Gasteiger partial charge in [0.2, 0.25) is 11.8 Å². The smallest absolute Gasteiger partial charge is 0.265 e. The van der Waals surface area contributed by atoms with Gasteiger partial charge in [0.1, 0.15) is 16.4 Å². The Labute approximate surface area is 225 Å². The lowest BCUT2D eigenvalue weighted by Crippen LogP contribution is -2.58. The summed E-state index contributed by atoms with van der Waals surface area (Å²) in [7, 11) is 1.63. The van der Waals surface area contributed by atoms with E-state index >= 15 is 0 Å². The van der Waals surface area contributed by atoms with Gasteiger partial charge in [-0.1, -0.05) is 24.3 Å². The molecule has 2 aromatic carbocycles. The number of ether oxygens (including phenoxy) is 2. The number of thiazole rings is 1. The van der Waals surface area contributed by atoms with Crippen LogP contribution in [0.4, 0.5) is 0 Å². The van der Waals surface area contributed by atoms with E-state index in [1.807, 2.05) is 48.5 Å². The lowest BCUT2D eigenvalue weighted by Gasteiger charge is -2.38. The summed E-state index contributed by atoms with van der Waals surface area (Å²) in [6.45, 7) is 1.07. The van der Waals surface area contributed by atoms with Crippen molar-refractivity contribution < 1.29 is 23.9 Å². The Morgan fingerprint density at radius 2 is 1.84 bits per heavy atom. The van der Waals surface area contributed by atoms with E-state index in [2.05, 4.69) is 10.3 Å². The number of rotatable bonds is 1. The molecule has 2 aliphatic rings. The van der Waals surface area contributed by atoms with Crippen LogP contribution in [0.15, 0.2) is 60.2 Å². The van der Waals surface area contributed by atoms with Crippen molar-refractivity contribution in [1.82, 2.24) is 20.1 Å². The van der Waals surface area contributed by atoms with Crippen LogP contribution in [0.2, 0.25) is 0 Å². The maximum atomic E-state index is 13.0. The lowest BCUT2D eigenvalue weighted by molar-refractivity contribution is -0.135. The maximum absolute atomic E-state index is 13.0. The molecule has 198 valence electrons. The number of nitrogens with zero attached hydrogens (tertiary/aromatic N) is 3. The molecule has 0 spiro atoms. The molecule has 2 atom stereocenters. The van der Waals surface area contributed by atoms with Crippen LogP contribution in [-0.4, -0.2) is 71.3 Å². The number of likely N-dealkylation sites (N-methyl/N-ethyl adjacent to an activating group) is 1. The summed E-state index contributed by atoms with van der Waals surface area (Å²) in [6.07, 6.45) is 2.63. The van der Waals surface area contributed by atoms with E-state index in [0.717, 1.165) is 11.1 Å². The topological polar surface area (TPSA) is 101 Å². The third-order valence-corrected chi connectivity index (χ3v) is 7.52. The molecule has 3 aromatic rings. The van der Waals surface area contributed by atoms with Crippen LogP contribution in [0.1, 0.15) is 33.6 Å². The van der Waals surface area contributed by atoms with Crippen molar-refractivity contribution >= 4 is 29.1 Å². The minimum Gasteiger partial charge on any atom is -0.457 e. The zero-order valence-corrected chi connectivity index (χ0v) is 22.0. The quantitative estimate of drug-likeness (QED) is 0.515. The minimum atomic E-state index is -0.422. The third-order valence-electron chi connectivity index (χ3n) is 6.76. The monoisotopic (exact) mass is 534 g/mol. The number of piperidine rings is 1. The summed E-state index contributed by atoms with van der Waals surface area (Å²) in [4.78, 5) is 46.4. The number of hydrogen-bond acceptors (Lipinski definition) is 7. The van der Waals surface area contributed by atoms with Crippen LogP contribution in [0, 0.1) is 0 Å². The van der Waals surface area contributed by atoms with Gasteiger partial charge in [0.05, 0.1) is 37.0 Å². The summed E-state index contributed by atoms with van der Waals surface area (Å²) < 4.78 is 12.4. The van der Waals surface area contributed by atoms with Crippen LogP contribution >= 0.6 is 11.3 Å². The van der Waals surface area contributed by atoms with Gasteiger partial charge in [0, 0.05) is 26.6 Å². The molecule has 4 bridgehead atoms. The molecule has 1 saturated heterocycles. The number of hydrogen-bond donors (Lipinski definition) is 1. The highest BCUT2D eigenvalue weighted by atomic mass is 32.1. The van der Waals surface area contributed by atoms with Gasteiger partial charge in [0.15, 0.2) is 0 Å². The minimum absolute atomic E-state index is 0.0734. The molecule has 3 heterocycles. The highest BCUT2D eigenvalue weighted by Crippen LogP contribution is 2.25. The van der Waals surface area contributed by atoms with Crippen LogP contribution in [-0.2, 0) is 27.4 Å². The molecule has 1 aromatic heterocycles. The van der Waals surface area contributed by atoms with Gasteiger partial charge in [-0.05, 0) is 48.2 Å². The molecule has 38 heavy (non-hydrogen) atoms. The standard InChI is InChI=1S/C28H30N4O5S/c1-31-16-26(33)30-23-15-32(28(35)25-14-29-18-38-25)11-10-24(23)36-17-20-5-3-7-22(13-20)37-21-6-2-4-19(12-21)8-9-27(31)34/h2-7,12-14,18,23-24H,8-11,15-17H2,1H3,(H,30,33)/t23-,24+/m0/s1. The molecular weight excluding hydrogens is 504 g/mol. The zero-order chi connectivity index (χ0) is 26.5. The second-order valence-electron chi connectivity index (χ2n) is 9.58. The van der Waals surface area contributed by atoms with Crippen molar-refractivity contribution in [2.45, 2.75) is 38.0 Å². The molecule has 0 unspecified atom stereocenters. The Morgan fingerprint density at radius 3 is 2.61 bits per heavy atom. The summed E-state index contributed by atoms with van der Waals surface area (Å²) in [5, 5.41) is 3.03. The van der Waals surface area contributed by atoms with Crippen LogP contribution < -0.4 is 10.1 Å². The second kappa shape index (κ2) is 11.7. The van der Waals surface area contributed by atoms with E-state index in [1.54, 1.807) is 23.7 Å². The average Bonchev–Trinajstić information content (AvgIpc) is 3.45. The fraction of sp³-hybridized carbons (Fsp3) is 0.357. The number of nitrogens with one attached hydrogen (secondary N) is 1. The maximum Gasteiger partial charge on any atom is 0.265 e. The van der Waals surface area contributed by atoms with E-state index in [-0.39, 0.29) is 36.8 Å². The number of aromatic nitrogens is 1. The van der Waals surface area contributed by atoms with Gasteiger partial charge < -0.3 is 24.6 Å². The highest BCUT2D eigenvalue weighted by molar-refractivity contribution is 7.11. The average molecular weight is 535 g/mol. The molecule has 1 N–H and O–H groups in total. The fourth-order valence-electron chi connectivity index (χ4n) is 4.73. The van der Waals surface area contributed by atoms with E-state index in [4.69, 9.17) is 9.47 Å². The Balaban J connectivity index is 1.37. The van der Waals surface area contributed by atoms with Gasteiger partial charge in [-0.15, -0.1) is 11.3 Å². The molecule has 9 nitrogen and oxygen atoms in total. The predicted molar refractivity (Wildman–Crippen MR) is 142 cm³/mol. The number of benzene rings is 2. The fourth-order valence-corrected chi connectivity index (χ4v) is 5.32. The van der Waals surface area contributed by atoms with Gasteiger partial charge in [0.25, 0.3) is 5.91 Å². The first kappa shape index (κ1) is 25.9. The summed E-state index contributed by atoms with van der Waals surface area (Å²) in [6, 6.07) is 15.0. The largest absolute Gasteiger partial charge is 0.457 e. The van der Waals surface area contributed by atoms with Crippen molar-refractivity contribution in [3.63, 3.8) is 0 Å². The van der Waals surface area contributed by atoms with Crippen LogP contribution in [0.25, 0.3) is 0 Å². The van der Waals surface area contributed by atoms with E-state index < -0.39 is 6.04 Å². The molecule has 1 fully saturated rings. The first-order valence-corrected chi connectivity index (χ1v) is 13.5. The van der Waals surface area contributed by atoms with E-state index in [9.17, 15) is 14.4 Å². The lowest BCUT2D eigenvalue weighted by atomic mass is 10.0. The number of carbonyl (C=O) groups excluding carboxylic acids is 3. The first-order valence-electron chi connectivity index (χ1n) is 12.6. The van der Waals surface area contributed by atoms with Crippen molar-refractivity contribution in [2.75, 3.05) is 26.7 Å². The van der Waals surface area contributed by atoms with Crippen LogP contribution in [0.5, 0.6) is 11.5 Å². The highest BCUT2D eigenvalue weighted by Gasteiger charge is 2.34. The van der Waals surface area contributed by atoms with E-state index in [1.165, 1.54) is 16.2 Å². The molecule has 3 amide bonds. The number of amides is 3. The predicted octanol–water partition coefficient (Wildman–Crippen LogP) is 3.26. The van der Waals surface area contributed by atoms with Crippen molar-refractivity contribution in [3.8, 4) is 11.5 Å². The summed E-state index contributed by atoms with van der Waals surface area (Å²) in [5.74, 6) is 0.860. The number of carbonyl (C=O) groups is 3. The summed E-state index contributed by atoms with van der Waals surface area (Å²) in [5.41, 5.74) is 3.55. The first-order chi connectivity index (χ1) is 18.4. The number of likely N-dealkylation sites (tertiary alicyclic amines) is 1. The normalized spacial score (nSPS) is 21.0. The molecule has 0 saturated carbocycles. The second-order valence-corrected chi connectivity index (χ2v) is 10.5. The number of fused-ring (bicyclic) bond motifs is 5. The SMILES string of the molecule is CN1CC(=O)N[C@H]2CN(C(=O)c3cncs3)CC[C@H]2OCc2cccc(c2)Oc2cccc(c2)CCC1=O. The van der Waals surface area contributed by atoms with Crippen LogP contribution in [0.3, 0.4) is 0 Å². The Morgan fingerprint density at radius 1 is 1.08 bits per heavy atom. The van der Waals surface area contributed by atoms with Gasteiger partial charge in [-0.2, -0.15) is 0 Å². The van der Waals surface area contributed by atoms with Crippen molar-refractivity contribution in [2.24, 2.45) is 0 Å². The molecule has 0 aliphatic carbocycles. The molecule has 5 rings (SSSR count). The van der Waals surface area contributed by atoms with Gasteiger partial charge >= 0.3 is 0 Å². The molecule has 0 radical (unpaired) electrons. The number of aryl methyl sites for hydroxylation is 1. The molecular formula is C28H30N4O5S. The van der Waals surface area contributed by atoms with Crippen molar-refractivity contribution in [3.05, 3.63) is 76.2 Å². The molecule has 10 heteroatoms. The van der Waals surface area contributed by atoms with Gasteiger partial charge in [-0.25, -0.2) is 0 Å². The Hall–Kier alpha value is -3.76. The Bertz CT molecular complexity index is 1300. The Kier molecular flexibility index (Phi) is 8.00. The van der Waals surface area contributed by atoms with Gasteiger partial charge in [-0.3, -0.25) is 19.4 Å². The van der Waals surface area contributed by atoms with Crippen molar-refractivity contribution in [1.29, 1.82) is 0 Å². The summed E-state index contributed by atoms with van der Waals surface area (Å²) >= 11 is 1.29. The molecule has 2 aliphatic heterocycles.